The lowest BCUT2D eigenvalue weighted by atomic mass is 10.2. The van der Waals surface area contributed by atoms with Gasteiger partial charge in [0.2, 0.25) is 5.91 Å². The molecule has 1 fully saturated rings. The van der Waals surface area contributed by atoms with E-state index in [-0.39, 0.29) is 5.91 Å². The molecule has 1 aliphatic rings. The van der Waals surface area contributed by atoms with Crippen LogP contribution in [-0.2, 0) is 16.1 Å². The van der Waals surface area contributed by atoms with Crippen LogP contribution in [0.2, 0.25) is 0 Å². The fraction of sp³-hybridized carbons (Fsp3) is 0.350. The SMILES string of the molecule is CN(CC(=O)Nc1ccc(N2CCOCC2)cc1)Cc1ccccc1Br. The van der Waals surface area contributed by atoms with E-state index in [0.717, 1.165) is 47.7 Å². The summed E-state index contributed by atoms with van der Waals surface area (Å²) in [6, 6.07) is 16.1. The van der Waals surface area contributed by atoms with Gasteiger partial charge in [0.1, 0.15) is 0 Å². The Morgan fingerprint density at radius 3 is 2.54 bits per heavy atom. The molecule has 0 aromatic heterocycles. The zero-order valence-corrected chi connectivity index (χ0v) is 16.5. The fourth-order valence-electron chi connectivity index (χ4n) is 3.00. The zero-order chi connectivity index (χ0) is 18.4. The van der Waals surface area contributed by atoms with E-state index in [4.69, 9.17) is 4.74 Å². The van der Waals surface area contributed by atoms with Crippen LogP contribution in [0.4, 0.5) is 11.4 Å². The van der Waals surface area contributed by atoms with Crippen molar-refractivity contribution in [2.24, 2.45) is 0 Å². The molecule has 2 aromatic carbocycles. The molecule has 1 heterocycles. The average Bonchev–Trinajstić information content (AvgIpc) is 2.65. The van der Waals surface area contributed by atoms with Crippen LogP contribution in [0, 0.1) is 0 Å². The number of hydrogen-bond acceptors (Lipinski definition) is 4. The summed E-state index contributed by atoms with van der Waals surface area (Å²) in [5.74, 6) is -0.0151. The Hall–Kier alpha value is -1.89. The minimum atomic E-state index is -0.0151. The number of likely N-dealkylation sites (N-methyl/N-ethyl adjacent to an activating group) is 1. The molecule has 1 aliphatic heterocycles. The highest BCUT2D eigenvalue weighted by molar-refractivity contribution is 9.10. The number of amides is 1. The molecule has 6 heteroatoms. The Labute approximate surface area is 163 Å². The highest BCUT2D eigenvalue weighted by Crippen LogP contribution is 2.19. The van der Waals surface area contributed by atoms with Crippen molar-refractivity contribution in [1.82, 2.24) is 4.90 Å². The summed E-state index contributed by atoms with van der Waals surface area (Å²) in [5, 5.41) is 2.97. The third kappa shape index (κ3) is 5.30. The van der Waals surface area contributed by atoms with Gasteiger partial charge in [-0.05, 0) is 42.9 Å². The van der Waals surface area contributed by atoms with Gasteiger partial charge >= 0.3 is 0 Å². The van der Waals surface area contributed by atoms with Crippen LogP contribution in [0.3, 0.4) is 0 Å². The van der Waals surface area contributed by atoms with Gasteiger partial charge in [0.15, 0.2) is 0 Å². The molecule has 3 rings (SSSR count). The lowest BCUT2D eigenvalue weighted by Crippen LogP contribution is -2.36. The first kappa shape index (κ1) is 18.9. The number of nitrogens with one attached hydrogen (secondary N) is 1. The molecule has 5 nitrogen and oxygen atoms in total. The van der Waals surface area contributed by atoms with Gasteiger partial charge in [-0.3, -0.25) is 9.69 Å². The maximum Gasteiger partial charge on any atom is 0.238 e. The van der Waals surface area contributed by atoms with Crippen molar-refractivity contribution in [3.8, 4) is 0 Å². The van der Waals surface area contributed by atoms with E-state index < -0.39 is 0 Å². The van der Waals surface area contributed by atoms with Crippen molar-refractivity contribution in [2.75, 3.05) is 50.1 Å². The number of hydrogen-bond donors (Lipinski definition) is 1. The third-order valence-electron chi connectivity index (χ3n) is 4.34. The first-order chi connectivity index (χ1) is 12.6. The highest BCUT2D eigenvalue weighted by Gasteiger charge is 2.12. The number of anilines is 2. The molecule has 2 aromatic rings. The molecule has 0 saturated carbocycles. The lowest BCUT2D eigenvalue weighted by Gasteiger charge is -2.28. The molecule has 0 unspecified atom stereocenters. The molecule has 0 spiro atoms. The molecule has 138 valence electrons. The Balaban J connectivity index is 1.50. The molecule has 0 bridgehead atoms. The van der Waals surface area contributed by atoms with E-state index in [1.54, 1.807) is 0 Å². The Kier molecular flexibility index (Phi) is 6.66. The largest absolute Gasteiger partial charge is 0.378 e. The average molecular weight is 418 g/mol. The summed E-state index contributed by atoms with van der Waals surface area (Å²) in [6.45, 7) is 4.40. The predicted molar refractivity (Wildman–Crippen MR) is 109 cm³/mol. The summed E-state index contributed by atoms with van der Waals surface area (Å²) >= 11 is 3.55. The van der Waals surface area contributed by atoms with E-state index in [2.05, 4.69) is 32.2 Å². The monoisotopic (exact) mass is 417 g/mol. The quantitative estimate of drug-likeness (QED) is 0.782. The molecule has 1 amide bonds. The summed E-state index contributed by atoms with van der Waals surface area (Å²) in [6.07, 6.45) is 0. The second-order valence-electron chi connectivity index (χ2n) is 6.46. The van der Waals surface area contributed by atoms with Gasteiger partial charge in [-0.15, -0.1) is 0 Å². The van der Waals surface area contributed by atoms with E-state index in [9.17, 15) is 4.79 Å². The minimum Gasteiger partial charge on any atom is -0.378 e. The molecule has 26 heavy (non-hydrogen) atoms. The van der Waals surface area contributed by atoms with Gasteiger partial charge < -0.3 is 15.0 Å². The number of rotatable bonds is 6. The number of carbonyl (C=O) groups excluding carboxylic acids is 1. The second-order valence-corrected chi connectivity index (χ2v) is 7.31. The van der Waals surface area contributed by atoms with Crippen LogP contribution in [0.5, 0.6) is 0 Å². The maximum absolute atomic E-state index is 12.3. The molecule has 0 radical (unpaired) electrons. The van der Waals surface area contributed by atoms with Crippen LogP contribution in [-0.4, -0.2) is 50.7 Å². The van der Waals surface area contributed by atoms with Crippen LogP contribution in [0.1, 0.15) is 5.56 Å². The van der Waals surface area contributed by atoms with Crippen LogP contribution in [0.15, 0.2) is 53.0 Å². The predicted octanol–water partition coefficient (Wildman–Crippen LogP) is 3.36. The van der Waals surface area contributed by atoms with Gasteiger partial charge in [-0.25, -0.2) is 0 Å². The van der Waals surface area contributed by atoms with E-state index >= 15 is 0 Å². The van der Waals surface area contributed by atoms with Gasteiger partial charge in [-0.2, -0.15) is 0 Å². The zero-order valence-electron chi connectivity index (χ0n) is 15.0. The smallest absolute Gasteiger partial charge is 0.238 e. The summed E-state index contributed by atoms with van der Waals surface area (Å²) in [5.41, 5.74) is 3.15. The topological polar surface area (TPSA) is 44.8 Å². The number of ether oxygens (including phenoxy) is 1. The maximum atomic E-state index is 12.3. The van der Waals surface area contributed by atoms with Crippen molar-refractivity contribution in [2.45, 2.75) is 6.54 Å². The summed E-state index contributed by atoms with van der Waals surface area (Å²) < 4.78 is 6.44. The Morgan fingerprint density at radius 2 is 1.85 bits per heavy atom. The Morgan fingerprint density at radius 1 is 1.15 bits per heavy atom. The number of carbonyl (C=O) groups is 1. The molecule has 1 N–H and O–H groups in total. The van der Waals surface area contributed by atoms with Gasteiger partial charge in [-0.1, -0.05) is 34.1 Å². The van der Waals surface area contributed by atoms with E-state index in [1.807, 2.05) is 54.4 Å². The van der Waals surface area contributed by atoms with Crippen molar-refractivity contribution in [1.29, 1.82) is 0 Å². The summed E-state index contributed by atoms with van der Waals surface area (Å²) in [4.78, 5) is 16.6. The van der Waals surface area contributed by atoms with Crippen LogP contribution >= 0.6 is 15.9 Å². The molecule has 1 saturated heterocycles. The number of morpholine rings is 1. The molecular formula is C20H24BrN3O2. The Bertz CT molecular complexity index is 730. The number of nitrogens with zero attached hydrogens (tertiary/aromatic N) is 2. The van der Waals surface area contributed by atoms with Crippen LogP contribution < -0.4 is 10.2 Å². The first-order valence-corrected chi connectivity index (χ1v) is 9.56. The summed E-state index contributed by atoms with van der Waals surface area (Å²) in [7, 11) is 1.94. The minimum absolute atomic E-state index is 0.0151. The number of benzene rings is 2. The van der Waals surface area contributed by atoms with Crippen molar-refractivity contribution in [3.63, 3.8) is 0 Å². The second kappa shape index (κ2) is 9.16. The standard InChI is InChI=1S/C20H24BrN3O2/c1-23(14-16-4-2-3-5-19(16)21)15-20(25)22-17-6-8-18(9-7-17)24-10-12-26-13-11-24/h2-9H,10-15H2,1H3,(H,22,25). The third-order valence-corrected chi connectivity index (χ3v) is 5.11. The molecule has 0 aliphatic carbocycles. The molecule has 0 atom stereocenters. The lowest BCUT2D eigenvalue weighted by molar-refractivity contribution is -0.117. The van der Waals surface area contributed by atoms with Gasteiger partial charge in [0.25, 0.3) is 0 Å². The van der Waals surface area contributed by atoms with E-state index in [1.165, 1.54) is 0 Å². The first-order valence-electron chi connectivity index (χ1n) is 8.76. The highest BCUT2D eigenvalue weighted by atomic mass is 79.9. The van der Waals surface area contributed by atoms with Gasteiger partial charge in [0, 0.05) is 35.5 Å². The fourth-order valence-corrected chi connectivity index (χ4v) is 3.41. The van der Waals surface area contributed by atoms with Gasteiger partial charge in [0.05, 0.1) is 19.8 Å². The molecular weight excluding hydrogens is 394 g/mol. The normalized spacial score (nSPS) is 14.5. The number of halogens is 1. The van der Waals surface area contributed by atoms with E-state index in [0.29, 0.717) is 13.1 Å². The van der Waals surface area contributed by atoms with Crippen molar-refractivity contribution < 1.29 is 9.53 Å². The van der Waals surface area contributed by atoms with Crippen molar-refractivity contribution in [3.05, 3.63) is 58.6 Å². The van der Waals surface area contributed by atoms with Crippen LogP contribution in [0.25, 0.3) is 0 Å². The van der Waals surface area contributed by atoms with Crippen molar-refractivity contribution >= 4 is 33.2 Å².